The Labute approximate surface area is 170 Å². The summed E-state index contributed by atoms with van der Waals surface area (Å²) in [6.45, 7) is -0.133. The molecule has 0 radical (unpaired) electrons. The third kappa shape index (κ3) is 3.83. The van der Waals surface area contributed by atoms with Crippen LogP contribution in [-0.4, -0.2) is 46.7 Å². The molecule has 8 heteroatoms. The number of fused-ring (bicyclic) bond motifs is 1. The number of likely N-dealkylation sites (tertiary alicyclic amines) is 1. The average molecular weight is 423 g/mol. The van der Waals surface area contributed by atoms with Gasteiger partial charge in [0.1, 0.15) is 11.9 Å². The number of halogens is 4. The highest BCUT2D eigenvalue weighted by atomic mass is 35.5. The van der Waals surface area contributed by atoms with Crippen molar-refractivity contribution in [2.75, 3.05) is 13.1 Å². The maximum absolute atomic E-state index is 14.2. The lowest BCUT2D eigenvalue weighted by molar-refractivity contribution is -0.136. The zero-order valence-electron chi connectivity index (χ0n) is 15.4. The van der Waals surface area contributed by atoms with Gasteiger partial charge < -0.3 is 9.80 Å². The van der Waals surface area contributed by atoms with Crippen molar-refractivity contribution < 1.29 is 22.8 Å². The van der Waals surface area contributed by atoms with Crippen molar-refractivity contribution in [1.29, 1.82) is 0 Å². The van der Waals surface area contributed by atoms with Crippen molar-refractivity contribution in [3.63, 3.8) is 0 Å². The first-order chi connectivity index (χ1) is 13.7. The molecule has 2 aliphatic rings. The molecule has 4 nitrogen and oxygen atoms in total. The van der Waals surface area contributed by atoms with Crippen LogP contribution in [0, 0.1) is 5.82 Å². The third-order valence-electron chi connectivity index (χ3n) is 5.42. The van der Waals surface area contributed by atoms with E-state index in [2.05, 4.69) is 0 Å². The number of hydrogen-bond acceptors (Lipinski definition) is 2. The fourth-order valence-electron chi connectivity index (χ4n) is 3.94. The fraction of sp³-hybridized carbons (Fsp3) is 0.333. The summed E-state index contributed by atoms with van der Waals surface area (Å²) in [5.74, 6) is -5.15. The first-order valence-electron chi connectivity index (χ1n) is 9.24. The van der Waals surface area contributed by atoms with Crippen molar-refractivity contribution in [1.82, 2.24) is 9.80 Å². The largest absolute Gasteiger partial charge is 0.336 e. The van der Waals surface area contributed by atoms with Crippen molar-refractivity contribution >= 4 is 23.4 Å². The Bertz CT molecular complexity index is 982. The number of alkyl halides is 2. The highest BCUT2D eigenvalue weighted by Gasteiger charge is 2.51. The summed E-state index contributed by atoms with van der Waals surface area (Å²) in [6.07, 6.45) is -0.100. The topological polar surface area (TPSA) is 40.6 Å². The molecule has 2 amide bonds. The van der Waals surface area contributed by atoms with Crippen LogP contribution in [0.4, 0.5) is 13.2 Å². The number of nitrogens with zero attached hydrogens (tertiary/aromatic N) is 2. The minimum Gasteiger partial charge on any atom is -0.336 e. The quantitative estimate of drug-likeness (QED) is 0.736. The Balaban J connectivity index is 1.58. The van der Waals surface area contributed by atoms with Gasteiger partial charge in [-0.15, -0.1) is 0 Å². The summed E-state index contributed by atoms with van der Waals surface area (Å²) < 4.78 is 41.8. The predicted octanol–water partition coefficient (Wildman–Crippen LogP) is 3.91. The minimum atomic E-state index is -3.17. The molecule has 2 aromatic carbocycles. The molecule has 0 spiro atoms. The van der Waals surface area contributed by atoms with Crippen LogP contribution in [-0.2, 0) is 17.8 Å². The Morgan fingerprint density at radius 3 is 2.55 bits per heavy atom. The molecule has 1 atom stereocenters. The normalized spacial score (nSPS) is 20.5. The van der Waals surface area contributed by atoms with Crippen LogP contribution in [0.2, 0.25) is 5.02 Å². The zero-order chi connectivity index (χ0) is 20.8. The molecule has 0 saturated carbocycles. The zero-order valence-corrected chi connectivity index (χ0v) is 16.1. The van der Waals surface area contributed by atoms with Gasteiger partial charge >= 0.3 is 0 Å². The lowest BCUT2D eigenvalue weighted by Crippen LogP contribution is -2.49. The second-order valence-electron chi connectivity index (χ2n) is 7.42. The number of benzene rings is 2. The van der Waals surface area contributed by atoms with Gasteiger partial charge in [0.05, 0.1) is 11.6 Å². The summed E-state index contributed by atoms with van der Waals surface area (Å²) in [5, 5.41) is -0.280. The molecular weight excluding hydrogens is 405 g/mol. The monoisotopic (exact) mass is 422 g/mol. The first-order valence-corrected chi connectivity index (χ1v) is 9.62. The Morgan fingerprint density at radius 1 is 1.10 bits per heavy atom. The summed E-state index contributed by atoms with van der Waals surface area (Å²) >= 11 is 5.72. The molecule has 2 aromatic rings. The van der Waals surface area contributed by atoms with Crippen LogP contribution < -0.4 is 0 Å². The molecule has 1 fully saturated rings. The van der Waals surface area contributed by atoms with E-state index in [9.17, 15) is 22.8 Å². The van der Waals surface area contributed by atoms with Crippen LogP contribution in [0.15, 0.2) is 42.5 Å². The van der Waals surface area contributed by atoms with Crippen molar-refractivity contribution in [3.05, 3.63) is 70.0 Å². The van der Waals surface area contributed by atoms with Gasteiger partial charge in [-0.2, -0.15) is 0 Å². The highest BCUT2D eigenvalue weighted by Crippen LogP contribution is 2.35. The van der Waals surface area contributed by atoms with Gasteiger partial charge in [-0.05, 0) is 35.7 Å². The second kappa shape index (κ2) is 7.37. The van der Waals surface area contributed by atoms with Gasteiger partial charge in [-0.3, -0.25) is 9.59 Å². The number of amides is 2. The minimum absolute atomic E-state index is 0.0316. The maximum Gasteiger partial charge on any atom is 0.267 e. The maximum atomic E-state index is 14.2. The number of carbonyl (C=O) groups excluding carboxylic acids is 2. The molecule has 0 unspecified atom stereocenters. The van der Waals surface area contributed by atoms with Crippen molar-refractivity contribution in [3.8, 4) is 0 Å². The van der Waals surface area contributed by atoms with Gasteiger partial charge in [0.15, 0.2) is 0 Å². The Hall–Kier alpha value is -2.54. The van der Waals surface area contributed by atoms with Gasteiger partial charge in [0, 0.05) is 25.1 Å². The molecular formula is C21H18ClF3N2O2. The lowest BCUT2D eigenvalue weighted by atomic mass is 9.99. The van der Waals surface area contributed by atoms with E-state index < -0.39 is 42.6 Å². The standard InChI is InChI=1S/C21H18ClF3N2O2/c22-16-9-14(5-6-17(16)23)19(28)27-12-21(24,25)10-18(27)20(29)26-8-7-13-3-1-2-4-15(13)11-26/h1-6,9,18H,7-8,10-12H2/t18-/m0/s1. The summed E-state index contributed by atoms with van der Waals surface area (Å²) in [7, 11) is 0. The molecule has 0 aliphatic carbocycles. The number of hydrogen-bond donors (Lipinski definition) is 0. The molecule has 29 heavy (non-hydrogen) atoms. The summed E-state index contributed by atoms with van der Waals surface area (Å²) in [5.41, 5.74) is 2.07. The average Bonchev–Trinajstić information content (AvgIpc) is 3.04. The molecule has 152 valence electrons. The van der Waals surface area contributed by atoms with Crippen LogP contribution in [0.1, 0.15) is 27.9 Å². The Kier molecular flexibility index (Phi) is 5.02. The fourth-order valence-corrected chi connectivity index (χ4v) is 4.12. The predicted molar refractivity (Wildman–Crippen MR) is 101 cm³/mol. The second-order valence-corrected chi connectivity index (χ2v) is 7.82. The van der Waals surface area contributed by atoms with E-state index in [0.29, 0.717) is 19.5 Å². The lowest BCUT2D eigenvalue weighted by Gasteiger charge is -2.33. The smallest absolute Gasteiger partial charge is 0.267 e. The van der Waals surface area contributed by atoms with Gasteiger partial charge in [0.2, 0.25) is 5.91 Å². The molecule has 2 aliphatic heterocycles. The third-order valence-corrected chi connectivity index (χ3v) is 5.71. The van der Waals surface area contributed by atoms with E-state index in [-0.39, 0.29) is 10.6 Å². The highest BCUT2D eigenvalue weighted by molar-refractivity contribution is 6.31. The molecule has 2 heterocycles. The number of carbonyl (C=O) groups is 2. The van der Waals surface area contributed by atoms with E-state index in [1.165, 1.54) is 11.0 Å². The van der Waals surface area contributed by atoms with Crippen molar-refractivity contribution in [2.45, 2.75) is 31.4 Å². The van der Waals surface area contributed by atoms with Gasteiger partial charge in [0.25, 0.3) is 11.8 Å². The van der Waals surface area contributed by atoms with Crippen LogP contribution in [0.3, 0.4) is 0 Å². The molecule has 0 bridgehead atoms. The summed E-state index contributed by atoms with van der Waals surface area (Å²) in [4.78, 5) is 28.3. The van der Waals surface area contributed by atoms with E-state index in [1.807, 2.05) is 24.3 Å². The van der Waals surface area contributed by atoms with E-state index in [1.54, 1.807) is 0 Å². The Morgan fingerprint density at radius 2 is 1.83 bits per heavy atom. The first kappa shape index (κ1) is 19.8. The van der Waals surface area contributed by atoms with Gasteiger partial charge in [-0.25, -0.2) is 13.2 Å². The van der Waals surface area contributed by atoms with Crippen LogP contribution in [0.5, 0.6) is 0 Å². The van der Waals surface area contributed by atoms with Crippen LogP contribution >= 0.6 is 11.6 Å². The summed E-state index contributed by atoms with van der Waals surface area (Å²) in [6, 6.07) is 9.67. The van der Waals surface area contributed by atoms with E-state index >= 15 is 0 Å². The van der Waals surface area contributed by atoms with E-state index in [4.69, 9.17) is 11.6 Å². The molecule has 0 N–H and O–H groups in total. The van der Waals surface area contributed by atoms with E-state index in [0.717, 1.165) is 28.2 Å². The molecule has 4 rings (SSSR count). The van der Waals surface area contributed by atoms with Gasteiger partial charge in [-0.1, -0.05) is 35.9 Å². The SMILES string of the molecule is O=C([C@@H]1CC(F)(F)CN1C(=O)c1ccc(F)c(Cl)c1)N1CCc2ccccc2C1. The van der Waals surface area contributed by atoms with Crippen LogP contribution in [0.25, 0.3) is 0 Å². The number of rotatable bonds is 2. The molecule has 0 aromatic heterocycles. The molecule has 1 saturated heterocycles. The van der Waals surface area contributed by atoms with Crippen molar-refractivity contribution in [2.24, 2.45) is 0 Å².